The molecule has 2 atom stereocenters. The highest BCUT2D eigenvalue weighted by atomic mass is 35.5. The number of nitrogens with zero attached hydrogens (tertiary/aromatic N) is 2. The summed E-state index contributed by atoms with van der Waals surface area (Å²) in [5, 5.41) is -0.00164. The van der Waals surface area contributed by atoms with Crippen LogP contribution in [0.3, 0.4) is 0 Å². The molecular formula is C24H29ClN2O4S. The third-order valence-corrected chi connectivity index (χ3v) is 7.23. The minimum Gasteiger partial charge on any atom is -0.497 e. The molecule has 1 aliphatic heterocycles. The van der Waals surface area contributed by atoms with Gasteiger partial charge >= 0.3 is 0 Å². The average molecular weight is 477 g/mol. The first-order valence-corrected chi connectivity index (χ1v) is 11.8. The van der Waals surface area contributed by atoms with E-state index in [1.165, 1.54) is 0 Å². The molecule has 1 heterocycles. The van der Waals surface area contributed by atoms with Crippen LogP contribution in [0, 0.1) is 0 Å². The lowest BCUT2D eigenvalue weighted by atomic mass is 10.1. The Kier molecular flexibility index (Phi) is 7.96. The maximum atomic E-state index is 13.2. The topological polar surface area (TPSA) is 59.1 Å². The normalized spacial score (nSPS) is 18.2. The fourth-order valence-corrected chi connectivity index (χ4v) is 5.32. The van der Waals surface area contributed by atoms with Crippen LogP contribution >= 0.6 is 23.4 Å². The minimum absolute atomic E-state index is 0.0405. The van der Waals surface area contributed by atoms with Crippen LogP contribution in [0.15, 0.2) is 42.5 Å². The van der Waals surface area contributed by atoms with Crippen LogP contribution in [-0.4, -0.2) is 60.2 Å². The Bertz CT molecular complexity index is 984. The summed E-state index contributed by atoms with van der Waals surface area (Å²) in [6.07, 6.45) is 0. The van der Waals surface area contributed by atoms with Crippen LogP contribution < -0.4 is 9.47 Å². The average Bonchev–Trinajstić information content (AvgIpc) is 3.07. The molecule has 2 unspecified atom stereocenters. The Morgan fingerprint density at radius 2 is 1.91 bits per heavy atom. The van der Waals surface area contributed by atoms with Crippen LogP contribution in [-0.2, 0) is 4.79 Å². The van der Waals surface area contributed by atoms with Gasteiger partial charge in [0.15, 0.2) is 0 Å². The number of carbonyl (C=O) groups is 2. The van der Waals surface area contributed by atoms with E-state index in [0.29, 0.717) is 35.2 Å². The Labute approximate surface area is 198 Å². The maximum Gasteiger partial charge on any atom is 0.255 e. The number of hydrogen-bond acceptors (Lipinski definition) is 5. The van der Waals surface area contributed by atoms with Crippen LogP contribution in [0.25, 0.3) is 0 Å². The van der Waals surface area contributed by atoms with E-state index in [-0.39, 0.29) is 28.5 Å². The van der Waals surface area contributed by atoms with Gasteiger partial charge in [-0.05, 0) is 51.1 Å². The monoisotopic (exact) mass is 476 g/mol. The standard InChI is InChI=1S/C24H29ClN2O4S/c1-15(2)26(23(29)18-8-6-7-9-20(18)25)12-13-27-22(28)16(3)32-24(27)19-14-17(30-4)10-11-21(19)31-5/h6-11,14-16,24H,12-13H2,1-5H3. The van der Waals surface area contributed by atoms with Crippen molar-refractivity contribution in [2.75, 3.05) is 27.3 Å². The SMILES string of the molecule is COc1ccc(OC)c(C2SC(C)C(=O)N2CCN(C(=O)c2ccccc2Cl)C(C)C)c1. The first kappa shape index (κ1) is 24.3. The second kappa shape index (κ2) is 10.5. The van der Waals surface area contributed by atoms with Crippen molar-refractivity contribution in [3.8, 4) is 11.5 Å². The molecule has 0 spiro atoms. The summed E-state index contributed by atoms with van der Waals surface area (Å²) >= 11 is 7.83. The summed E-state index contributed by atoms with van der Waals surface area (Å²) in [4.78, 5) is 29.8. The van der Waals surface area contributed by atoms with E-state index in [4.69, 9.17) is 21.1 Å². The number of hydrogen-bond donors (Lipinski definition) is 0. The third kappa shape index (κ3) is 4.99. The van der Waals surface area contributed by atoms with Gasteiger partial charge in [0.1, 0.15) is 16.9 Å². The first-order chi connectivity index (χ1) is 15.3. The molecule has 3 rings (SSSR count). The molecule has 0 bridgehead atoms. The van der Waals surface area contributed by atoms with Gasteiger partial charge in [0, 0.05) is 24.7 Å². The number of halogens is 1. The number of amides is 2. The Hall–Kier alpha value is -2.38. The zero-order valence-electron chi connectivity index (χ0n) is 19.0. The Morgan fingerprint density at radius 1 is 1.19 bits per heavy atom. The molecule has 1 aliphatic rings. The fourth-order valence-electron chi connectivity index (χ4n) is 3.77. The molecule has 172 valence electrons. The van der Waals surface area contributed by atoms with Crippen LogP contribution in [0.5, 0.6) is 11.5 Å². The van der Waals surface area contributed by atoms with Gasteiger partial charge in [-0.15, -0.1) is 11.8 Å². The largest absolute Gasteiger partial charge is 0.497 e. The van der Waals surface area contributed by atoms with Crippen molar-refractivity contribution in [3.63, 3.8) is 0 Å². The molecule has 2 aromatic carbocycles. The summed E-state index contributed by atoms with van der Waals surface area (Å²) in [6.45, 7) is 6.61. The summed E-state index contributed by atoms with van der Waals surface area (Å²) in [7, 11) is 3.23. The van der Waals surface area contributed by atoms with Gasteiger partial charge in [-0.3, -0.25) is 9.59 Å². The fraction of sp³-hybridized carbons (Fsp3) is 0.417. The van der Waals surface area contributed by atoms with Crippen molar-refractivity contribution in [1.29, 1.82) is 0 Å². The minimum atomic E-state index is -0.230. The number of methoxy groups -OCH3 is 2. The molecule has 6 nitrogen and oxygen atoms in total. The zero-order valence-corrected chi connectivity index (χ0v) is 20.6. The lowest BCUT2D eigenvalue weighted by Crippen LogP contribution is -2.44. The number of ether oxygens (including phenoxy) is 2. The molecule has 0 N–H and O–H groups in total. The second-order valence-electron chi connectivity index (χ2n) is 7.84. The second-order valence-corrected chi connectivity index (χ2v) is 9.68. The van der Waals surface area contributed by atoms with E-state index in [1.54, 1.807) is 55.1 Å². The van der Waals surface area contributed by atoms with Gasteiger partial charge in [-0.25, -0.2) is 0 Å². The highest BCUT2D eigenvalue weighted by molar-refractivity contribution is 8.01. The van der Waals surface area contributed by atoms with E-state index in [0.717, 1.165) is 5.56 Å². The molecule has 0 aromatic heterocycles. The zero-order chi connectivity index (χ0) is 23.4. The lowest BCUT2D eigenvalue weighted by Gasteiger charge is -2.31. The summed E-state index contributed by atoms with van der Waals surface area (Å²) in [5.41, 5.74) is 1.34. The summed E-state index contributed by atoms with van der Waals surface area (Å²) in [6, 6.07) is 12.6. The number of thioether (sulfide) groups is 1. The van der Waals surface area contributed by atoms with Gasteiger partial charge in [-0.1, -0.05) is 23.7 Å². The molecule has 0 saturated carbocycles. The van der Waals surface area contributed by atoms with E-state index in [9.17, 15) is 9.59 Å². The smallest absolute Gasteiger partial charge is 0.255 e. The van der Waals surface area contributed by atoms with E-state index in [2.05, 4.69) is 0 Å². The van der Waals surface area contributed by atoms with Gasteiger partial charge in [0.05, 0.1) is 30.1 Å². The number of rotatable bonds is 8. The van der Waals surface area contributed by atoms with Crippen molar-refractivity contribution in [3.05, 3.63) is 58.6 Å². The van der Waals surface area contributed by atoms with Crippen molar-refractivity contribution >= 4 is 35.2 Å². The van der Waals surface area contributed by atoms with Gasteiger partial charge in [0.2, 0.25) is 5.91 Å². The molecule has 2 aromatic rings. The van der Waals surface area contributed by atoms with Crippen LogP contribution in [0.1, 0.15) is 42.1 Å². The van der Waals surface area contributed by atoms with Crippen molar-refractivity contribution in [2.45, 2.75) is 37.4 Å². The van der Waals surface area contributed by atoms with Crippen LogP contribution in [0.2, 0.25) is 5.02 Å². The van der Waals surface area contributed by atoms with E-state index < -0.39 is 0 Å². The van der Waals surface area contributed by atoms with Crippen molar-refractivity contribution < 1.29 is 19.1 Å². The van der Waals surface area contributed by atoms with Crippen molar-refractivity contribution in [1.82, 2.24) is 9.80 Å². The van der Waals surface area contributed by atoms with E-state index >= 15 is 0 Å². The number of carbonyl (C=O) groups excluding carboxylic acids is 2. The highest BCUT2D eigenvalue weighted by Gasteiger charge is 2.40. The molecule has 8 heteroatoms. The number of benzene rings is 2. The molecule has 0 radical (unpaired) electrons. The highest BCUT2D eigenvalue weighted by Crippen LogP contribution is 2.46. The molecule has 2 amide bonds. The molecule has 1 fully saturated rings. The predicted octanol–water partition coefficient (Wildman–Crippen LogP) is 4.87. The van der Waals surface area contributed by atoms with Crippen LogP contribution in [0.4, 0.5) is 0 Å². The quantitative estimate of drug-likeness (QED) is 0.544. The van der Waals surface area contributed by atoms with Gasteiger partial charge in [0.25, 0.3) is 5.91 Å². The predicted molar refractivity (Wildman–Crippen MR) is 129 cm³/mol. The summed E-state index contributed by atoms with van der Waals surface area (Å²) < 4.78 is 11.0. The molecular weight excluding hydrogens is 448 g/mol. The Balaban J connectivity index is 1.86. The van der Waals surface area contributed by atoms with Crippen molar-refractivity contribution in [2.24, 2.45) is 0 Å². The molecule has 0 aliphatic carbocycles. The third-order valence-electron chi connectivity index (χ3n) is 5.52. The lowest BCUT2D eigenvalue weighted by molar-refractivity contribution is -0.130. The maximum absolute atomic E-state index is 13.2. The van der Waals surface area contributed by atoms with E-state index in [1.807, 2.05) is 43.9 Å². The molecule has 1 saturated heterocycles. The van der Waals surface area contributed by atoms with Gasteiger partial charge in [-0.2, -0.15) is 0 Å². The Morgan fingerprint density at radius 3 is 2.53 bits per heavy atom. The van der Waals surface area contributed by atoms with Gasteiger partial charge < -0.3 is 19.3 Å². The molecule has 32 heavy (non-hydrogen) atoms. The summed E-state index contributed by atoms with van der Waals surface area (Å²) in [5.74, 6) is 1.29. The first-order valence-electron chi connectivity index (χ1n) is 10.5.